The van der Waals surface area contributed by atoms with Crippen molar-refractivity contribution in [1.82, 2.24) is 0 Å². The molecule has 1 rings (SSSR count). The Kier molecular flexibility index (Phi) is 2.98. The van der Waals surface area contributed by atoms with E-state index in [2.05, 4.69) is 6.58 Å². The summed E-state index contributed by atoms with van der Waals surface area (Å²) in [7, 11) is 0. The molecular formula is C9H12F4. The summed E-state index contributed by atoms with van der Waals surface area (Å²) in [6.45, 7) is 4.65. The lowest BCUT2D eigenvalue weighted by atomic mass is 9.76. The highest BCUT2D eigenvalue weighted by Crippen LogP contribution is 2.38. The molecule has 13 heavy (non-hydrogen) atoms. The van der Waals surface area contributed by atoms with Crippen LogP contribution in [-0.2, 0) is 0 Å². The fourth-order valence-electron chi connectivity index (χ4n) is 1.70. The fourth-order valence-corrected chi connectivity index (χ4v) is 1.70. The van der Waals surface area contributed by atoms with Crippen molar-refractivity contribution in [3.05, 3.63) is 12.7 Å². The van der Waals surface area contributed by atoms with E-state index in [1.54, 1.807) is 0 Å². The molecule has 4 heteroatoms. The van der Waals surface area contributed by atoms with Gasteiger partial charge in [-0.15, -0.1) is 6.58 Å². The van der Waals surface area contributed by atoms with Gasteiger partial charge in [0.2, 0.25) is 0 Å². The second kappa shape index (κ2) is 3.68. The number of allylic oxidation sites excluding steroid dienone is 1. The van der Waals surface area contributed by atoms with Crippen molar-refractivity contribution in [3.63, 3.8) is 0 Å². The van der Waals surface area contributed by atoms with Crippen molar-refractivity contribution >= 4 is 0 Å². The summed E-state index contributed by atoms with van der Waals surface area (Å²) in [6.07, 6.45) is -7.48. The molecule has 0 aromatic heterocycles. The van der Waals surface area contributed by atoms with Crippen LogP contribution in [0.25, 0.3) is 0 Å². The van der Waals surface area contributed by atoms with Crippen molar-refractivity contribution in [2.24, 2.45) is 11.8 Å². The minimum Gasteiger partial charge on any atom is -0.244 e. The molecule has 0 radical (unpaired) electrons. The lowest BCUT2D eigenvalue weighted by Gasteiger charge is -2.37. The van der Waals surface area contributed by atoms with E-state index in [1.807, 2.05) is 0 Å². The first-order valence-electron chi connectivity index (χ1n) is 4.19. The van der Waals surface area contributed by atoms with Crippen molar-refractivity contribution < 1.29 is 17.6 Å². The Morgan fingerprint density at radius 2 is 1.38 bits per heavy atom. The van der Waals surface area contributed by atoms with Crippen LogP contribution in [0.5, 0.6) is 0 Å². The Bertz CT molecular complexity index is 178. The Morgan fingerprint density at radius 1 is 0.923 bits per heavy atom. The zero-order chi connectivity index (χ0) is 10.2. The van der Waals surface area contributed by atoms with Crippen LogP contribution in [0.4, 0.5) is 17.6 Å². The van der Waals surface area contributed by atoms with E-state index in [9.17, 15) is 17.6 Å². The number of hydrogen-bond acceptors (Lipinski definition) is 0. The highest BCUT2D eigenvalue weighted by molar-refractivity contribution is 5.03. The van der Waals surface area contributed by atoms with Crippen LogP contribution >= 0.6 is 0 Å². The second-order valence-corrected chi connectivity index (χ2v) is 3.45. The molecule has 0 nitrogen and oxygen atoms in total. The molecule has 1 saturated carbocycles. The molecule has 0 aromatic rings. The van der Waals surface area contributed by atoms with Gasteiger partial charge in [0.05, 0.1) is 0 Å². The van der Waals surface area contributed by atoms with Gasteiger partial charge in [-0.1, -0.05) is 13.0 Å². The SMILES string of the molecule is C=CC1C(C)C(F)C(F)C(F)C1F. The predicted molar refractivity (Wildman–Crippen MR) is 42.4 cm³/mol. The molecule has 1 aliphatic carbocycles. The molecule has 0 saturated heterocycles. The van der Waals surface area contributed by atoms with Crippen LogP contribution in [0.3, 0.4) is 0 Å². The van der Waals surface area contributed by atoms with Gasteiger partial charge in [-0.2, -0.15) is 0 Å². The number of alkyl halides is 4. The molecule has 0 aliphatic heterocycles. The van der Waals surface area contributed by atoms with E-state index >= 15 is 0 Å². The topological polar surface area (TPSA) is 0 Å². The van der Waals surface area contributed by atoms with Gasteiger partial charge in [-0.3, -0.25) is 0 Å². The van der Waals surface area contributed by atoms with Crippen molar-refractivity contribution in [2.45, 2.75) is 31.6 Å². The third-order valence-corrected chi connectivity index (χ3v) is 2.66. The van der Waals surface area contributed by atoms with E-state index in [0.29, 0.717) is 0 Å². The Labute approximate surface area is 74.6 Å². The minimum absolute atomic E-state index is 0.852. The first kappa shape index (κ1) is 10.5. The maximum absolute atomic E-state index is 13.1. The average Bonchev–Trinajstić information content (AvgIpc) is 2.13. The van der Waals surface area contributed by atoms with Gasteiger partial charge >= 0.3 is 0 Å². The highest BCUT2D eigenvalue weighted by atomic mass is 19.2. The maximum atomic E-state index is 13.1. The normalized spacial score (nSPS) is 51.8. The van der Waals surface area contributed by atoms with Crippen LogP contribution < -0.4 is 0 Å². The molecule has 0 heterocycles. The quantitative estimate of drug-likeness (QED) is 0.447. The highest BCUT2D eigenvalue weighted by Gasteiger charge is 2.49. The molecule has 76 valence electrons. The molecule has 0 bridgehead atoms. The summed E-state index contributed by atoms with van der Waals surface area (Å²) in [5.74, 6) is -1.79. The molecular weight excluding hydrogens is 184 g/mol. The van der Waals surface area contributed by atoms with E-state index in [1.165, 1.54) is 6.92 Å². The molecule has 0 amide bonds. The van der Waals surface area contributed by atoms with Gasteiger partial charge in [0.1, 0.15) is 12.3 Å². The summed E-state index contributed by atoms with van der Waals surface area (Å²) in [6, 6.07) is 0. The molecule has 0 aromatic carbocycles. The van der Waals surface area contributed by atoms with Gasteiger partial charge in [0, 0.05) is 5.92 Å². The van der Waals surface area contributed by atoms with E-state index in [-0.39, 0.29) is 0 Å². The van der Waals surface area contributed by atoms with Gasteiger partial charge in [-0.05, 0) is 5.92 Å². The summed E-state index contributed by atoms with van der Waals surface area (Å²) in [5.41, 5.74) is 0. The van der Waals surface area contributed by atoms with Crippen molar-refractivity contribution in [1.29, 1.82) is 0 Å². The van der Waals surface area contributed by atoms with Gasteiger partial charge in [0.15, 0.2) is 12.3 Å². The Morgan fingerprint density at radius 3 is 1.85 bits per heavy atom. The monoisotopic (exact) mass is 196 g/mol. The van der Waals surface area contributed by atoms with Gasteiger partial charge < -0.3 is 0 Å². The average molecular weight is 196 g/mol. The fraction of sp³-hybridized carbons (Fsp3) is 0.778. The van der Waals surface area contributed by atoms with Crippen LogP contribution in [0.1, 0.15) is 6.92 Å². The summed E-state index contributed by atoms with van der Waals surface area (Å²) in [4.78, 5) is 0. The molecule has 0 N–H and O–H groups in total. The molecule has 1 fully saturated rings. The molecule has 1 aliphatic rings. The summed E-state index contributed by atoms with van der Waals surface area (Å²) >= 11 is 0. The van der Waals surface area contributed by atoms with Crippen molar-refractivity contribution in [2.75, 3.05) is 0 Å². The molecule has 6 atom stereocenters. The third kappa shape index (κ3) is 1.58. The zero-order valence-electron chi connectivity index (χ0n) is 7.26. The summed E-state index contributed by atoms with van der Waals surface area (Å²) < 4.78 is 51.6. The van der Waals surface area contributed by atoms with Crippen LogP contribution in [-0.4, -0.2) is 24.7 Å². The maximum Gasteiger partial charge on any atom is 0.166 e. The van der Waals surface area contributed by atoms with Crippen molar-refractivity contribution in [3.8, 4) is 0 Å². The molecule has 6 unspecified atom stereocenters. The lowest BCUT2D eigenvalue weighted by molar-refractivity contribution is -0.0596. The third-order valence-electron chi connectivity index (χ3n) is 2.66. The predicted octanol–water partition coefficient (Wildman–Crippen LogP) is 2.79. The summed E-state index contributed by atoms with van der Waals surface area (Å²) in [5, 5.41) is 0. The minimum atomic E-state index is -2.37. The van der Waals surface area contributed by atoms with Gasteiger partial charge in [-0.25, -0.2) is 17.6 Å². The van der Waals surface area contributed by atoms with Crippen LogP contribution in [0.15, 0.2) is 12.7 Å². The number of rotatable bonds is 1. The van der Waals surface area contributed by atoms with E-state index in [0.717, 1.165) is 6.08 Å². The molecule has 0 spiro atoms. The van der Waals surface area contributed by atoms with Crippen LogP contribution in [0, 0.1) is 11.8 Å². The first-order chi connectivity index (χ1) is 6.00. The van der Waals surface area contributed by atoms with E-state index in [4.69, 9.17) is 0 Å². The number of hydrogen-bond donors (Lipinski definition) is 0. The lowest BCUT2D eigenvalue weighted by Crippen LogP contribution is -2.50. The standard InChI is InChI=1S/C9H12F4/c1-3-5-4(2)6(10)8(12)9(13)7(5)11/h3-9H,1H2,2H3. The Balaban J connectivity index is 2.85. The second-order valence-electron chi connectivity index (χ2n) is 3.45. The zero-order valence-corrected chi connectivity index (χ0v) is 7.26. The van der Waals surface area contributed by atoms with Crippen LogP contribution in [0.2, 0.25) is 0 Å². The first-order valence-corrected chi connectivity index (χ1v) is 4.19. The number of halogens is 4. The Hall–Kier alpha value is -0.540. The smallest absolute Gasteiger partial charge is 0.166 e. The van der Waals surface area contributed by atoms with E-state index < -0.39 is 36.5 Å². The van der Waals surface area contributed by atoms with Gasteiger partial charge in [0.25, 0.3) is 0 Å². The largest absolute Gasteiger partial charge is 0.244 e.